The zero-order valence-corrected chi connectivity index (χ0v) is 25.7. The van der Waals surface area contributed by atoms with E-state index >= 15 is 0 Å². The first-order chi connectivity index (χ1) is 22.5. The van der Waals surface area contributed by atoms with Crippen molar-refractivity contribution >= 4 is 17.5 Å². The normalized spacial score (nSPS) is 19.2. The van der Waals surface area contributed by atoms with E-state index in [4.69, 9.17) is 28.9 Å². The maximum absolute atomic E-state index is 13.9. The molecule has 0 bridgehead atoms. The molecule has 0 amide bonds. The summed E-state index contributed by atoms with van der Waals surface area (Å²) in [7, 11) is 0. The van der Waals surface area contributed by atoms with Crippen LogP contribution in [0.2, 0.25) is 0 Å². The lowest BCUT2D eigenvalue weighted by Crippen LogP contribution is -2.35. The van der Waals surface area contributed by atoms with Gasteiger partial charge in [0.25, 0.3) is 12.9 Å². The largest absolute Gasteiger partial charge is 0.473 e. The lowest BCUT2D eigenvalue weighted by molar-refractivity contribution is -0.129. The van der Waals surface area contributed by atoms with Gasteiger partial charge < -0.3 is 23.5 Å². The number of likely N-dealkylation sites (tertiary alicyclic amines) is 1. The molecule has 4 aromatic rings. The van der Waals surface area contributed by atoms with Gasteiger partial charge in [0.15, 0.2) is 0 Å². The number of imidazole rings is 1. The maximum Gasteiger partial charge on any atom is 0.293 e. The Hall–Kier alpha value is -3.93. The summed E-state index contributed by atoms with van der Waals surface area (Å²) in [6.07, 6.45) is 0.521. The van der Waals surface area contributed by atoms with Crippen molar-refractivity contribution in [3.63, 3.8) is 0 Å². The average molecular weight is 633 g/mol. The Morgan fingerprint density at radius 1 is 0.978 bits per heavy atom. The molecule has 242 valence electrons. The monoisotopic (exact) mass is 632 g/mol. The Kier molecular flexibility index (Phi) is 9.23. The summed E-state index contributed by atoms with van der Waals surface area (Å²) in [6.45, 7) is 5.94. The number of hydrogen-bond acceptors (Lipinski definition) is 8. The van der Waals surface area contributed by atoms with Gasteiger partial charge in [-0.05, 0) is 73.3 Å². The molecule has 0 unspecified atom stereocenters. The van der Waals surface area contributed by atoms with Gasteiger partial charge >= 0.3 is 0 Å². The summed E-state index contributed by atoms with van der Waals surface area (Å²) < 4.78 is 51.9. The molecule has 0 N–H and O–H groups in total. The molecular formula is C35H38F2N4O5. The highest BCUT2D eigenvalue weighted by atomic mass is 19.3. The average Bonchev–Trinajstić information content (AvgIpc) is 3.36. The molecule has 3 aliphatic heterocycles. The SMILES string of the molecule is O=COCc1ccc2nc(CN3CCC(c4cccc(OCc5ccc(C6COC6)cc5C(F)F)n4)CC3)n(C[C@@H]3CCO3)c2c1. The quantitative estimate of drug-likeness (QED) is 0.168. The van der Waals surface area contributed by atoms with Crippen molar-refractivity contribution in [3.8, 4) is 5.88 Å². The minimum atomic E-state index is -2.58. The van der Waals surface area contributed by atoms with E-state index in [1.807, 2.05) is 30.3 Å². The Morgan fingerprint density at radius 3 is 2.54 bits per heavy atom. The van der Waals surface area contributed by atoms with Crippen molar-refractivity contribution in [1.29, 1.82) is 0 Å². The highest BCUT2D eigenvalue weighted by Gasteiger charge is 2.27. The first-order valence-electron chi connectivity index (χ1n) is 16.0. The second-order valence-electron chi connectivity index (χ2n) is 12.4. The summed E-state index contributed by atoms with van der Waals surface area (Å²) in [6, 6.07) is 16.9. The molecule has 1 atom stereocenters. The number of nitrogens with zero attached hydrogens (tertiary/aromatic N) is 4. The number of ether oxygens (including phenoxy) is 4. The van der Waals surface area contributed by atoms with E-state index < -0.39 is 6.43 Å². The van der Waals surface area contributed by atoms with E-state index in [9.17, 15) is 13.6 Å². The molecule has 0 radical (unpaired) electrons. The fourth-order valence-corrected chi connectivity index (χ4v) is 6.50. The molecule has 3 aliphatic rings. The number of pyridine rings is 1. The highest BCUT2D eigenvalue weighted by molar-refractivity contribution is 5.77. The Balaban J connectivity index is 0.985. The molecular weight excluding hydrogens is 594 g/mol. The zero-order valence-electron chi connectivity index (χ0n) is 25.7. The smallest absolute Gasteiger partial charge is 0.293 e. The summed E-state index contributed by atoms with van der Waals surface area (Å²) >= 11 is 0. The number of hydrogen-bond donors (Lipinski definition) is 0. The predicted molar refractivity (Wildman–Crippen MR) is 166 cm³/mol. The Bertz CT molecular complexity index is 1660. The van der Waals surface area contributed by atoms with Crippen molar-refractivity contribution < 1.29 is 32.5 Å². The molecule has 3 fully saturated rings. The minimum absolute atomic E-state index is 0.00836. The van der Waals surface area contributed by atoms with E-state index in [-0.39, 0.29) is 36.7 Å². The number of fused-ring (bicyclic) bond motifs is 1. The van der Waals surface area contributed by atoms with Gasteiger partial charge in [0.05, 0.1) is 43.4 Å². The van der Waals surface area contributed by atoms with Crippen LogP contribution in [0.25, 0.3) is 11.0 Å². The van der Waals surface area contributed by atoms with Crippen LogP contribution >= 0.6 is 0 Å². The van der Waals surface area contributed by atoms with Gasteiger partial charge in [0.1, 0.15) is 19.0 Å². The Morgan fingerprint density at radius 2 is 1.83 bits per heavy atom. The van der Waals surface area contributed by atoms with E-state index in [2.05, 4.69) is 15.5 Å². The third-order valence-electron chi connectivity index (χ3n) is 9.40. The number of alkyl halides is 2. The molecule has 46 heavy (non-hydrogen) atoms. The van der Waals surface area contributed by atoms with Crippen LogP contribution in [0.15, 0.2) is 54.6 Å². The molecule has 2 aromatic heterocycles. The first-order valence-corrected chi connectivity index (χ1v) is 16.0. The summed E-state index contributed by atoms with van der Waals surface area (Å²) in [4.78, 5) is 22.9. The van der Waals surface area contributed by atoms with Crippen LogP contribution in [-0.4, -0.2) is 64.9 Å². The predicted octanol–water partition coefficient (Wildman–Crippen LogP) is 5.90. The lowest BCUT2D eigenvalue weighted by Gasteiger charge is -2.32. The van der Waals surface area contributed by atoms with Crippen LogP contribution in [-0.2, 0) is 45.3 Å². The van der Waals surface area contributed by atoms with Crippen LogP contribution in [0.4, 0.5) is 8.78 Å². The van der Waals surface area contributed by atoms with Gasteiger partial charge in [0.2, 0.25) is 5.88 Å². The van der Waals surface area contributed by atoms with Gasteiger partial charge in [-0.2, -0.15) is 0 Å². The molecule has 9 nitrogen and oxygen atoms in total. The molecule has 2 aromatic carbocycles. The summed E-state index contributed by atoms with van der Waals surface area (Å²) in [5, 5.41) is 0. The number of halogens is 2. The fraction of sp³-hybridized carbons (Fsp3) is 0.457. The fourth-order valence-electron chi connectivity index (χ4n) is 6.50. The molecule has 11 heteroatoms. The maximum atomic E-state index is 13.9. The van der Waals surface area contributed by atoms with E-state index in [1.165, 1.54) is 0 Å². The number of aromatic nitrogens is 3. The van der Waals surface area contributed by atoms with Gasteiger partial charge in [-0.1, -0.05) is 24.3 Å². The second-order valence-corrected chi connectivity index (χ2v) is 12.4. The van der Waals surface area contributed by atoms with Gasteiger partial charge in [-0.25, -0.2) is 18.7 Å². The van der Waals surface area contributed by atoms with Crippen LogP contribution in [0.3, 0.4) is 0 Å². The van der Waals surface area contributed by atoms with Gasteiger partial charge in [0, 0.05) is 35.8 Å². The zero-order chi connectivity index (χ0) is 31.5. The second kappa shape index (κ2) is 13.8. The van der Waals surface area contributed by atoms with Crippen molar-refractivity contribution in [2.75, 3.05) is 32.9 Å². The highest BCUT2D eigenvalue weighted by Crippen LogP contribution is 2.32. The third kappa shape index (κ3) is 6.77. The van der Waals surface area contributed by atoms with Crippen molar-refractivity contribution in [1.82, 2.24) is 19.4 Å². The minimum Gasteiger partial charge on any atom is -0.473 e. The number of carbonyl (C=O) groups is 1. The van der Waals surface area contributed by atoms with E-state index in [0.717, 1.165) is 85.7 Å². The molecule has 0 spiro atoms. The summed E-state index contributed by atoms with van der Waals surface area (Å²) in [5.74, 6) is 1.91. The number of rotatable bonds is 13. The number of piperidine rings is 1. The first kappa shape index (κ1) is 30.7. The standard InChI is InChI=1S/C35H38F2N4O5/c36-35(37)29-15-25(27-19-43-20-27)5-6-26(29)21-46-34-3-1-2-30(39-34)24-8-11-40(12-9-24)17-33-38-31-7-4-23(18-44-22-42)14-32(31)41(33)16-28-10-13-45-28/h1-7,14-15,22,24,27-28,35H,8-13,16-21H2/t28-/m0/s1. The molecule has 0 saturated carbocycles. The molecule has 3 saturated heterocycles. The van der Waals surface area contributed by atoms with Crippen LogP contribution in [0.5, 0.6) is 5.88 Å². The Labute approximate surface area is 266 Å². The molecule has 7 rings (SSSR count). The van der Waals surface area contributed by atoms with E-state index in [1.54, 1.807) is 18.2 Å². The topological polar surface area (TPSA) is 87.9 Å². The van der Waals surface area contributed by atoms with Crippen LogP contribution < -0.4 is 4.74 Å². The number of carbonyl (C=O) groups excluding carboxylic acids is 1. The van der Waals surface area contributed by atoms with Gasteiger partial charge in [-0.3, -0.25) is 9.69 Å². The molecule has 0 aliphatic carbocycles. The summed E-state index contributed by atoms with van der Waals surface area (Å²) in [5.41, 5.74) is 5.20. The van der Waals surface area contributed by atoms with Crippen molar-refractivity contribution in [2.45, 2.75) is 69.9 Å². The van der Waals surface area contributed by atoms with Crippen molar-refractivity contribution in [2.24, 2.45) is 0 Å². The lowest BCUT2D eigenvalue weighted by atomic mass is 9.93. The third-order valence-corrected chi connectivity index (χ3v) is 9.40. The number of benzene rings is 2. The van der Waals surface area contributed by atoms with Crippen molar-refractivity contribution in [3.05, 3.63) is 88.4 Å². The van der Waals surface area contributed by atoms with Crippen LogP contribution in [0.1, 0.15) is 71.3 Å². The molecule has 5 heterocycles. The van der Waals surface area contributed by atoms with Gasteiger partial charge in [-0.15, -0.1) is 0 Å². The van der Waals surface area contributed by atoms with E-state index in [0.29, 0.717) is 31.1 Å². The van der Waals surface area contributed by atoms with Crippen LogP contribution in [0, 0.1) is 0 Å².